The summed E-state index contributed by atoms with van der Waals surface area (Å²) in [7, 11) is 3.21. The van der Waals surface area contributed by atoms with Crippen LogP contribution >= 0.6 is 0 Å². The van der Waals surface area contributed by atoms with Gasteiger partial charge in [0.15, 0.2) is 11.5 Å². The van der Waals surface area contributed by atoms with E-state index in [0.29, 0.717) is 12.3 Å². The summed E-state index contributed by atoms with van der Waals surface area (Å²) in [6, 6.07) is 12.0. The second-order valence-corrected chi connectivity index (χ2v) is 6.42. The topological polar surface area (TPSA) is 82.0 Å². The zero-order valence-electron chi connectivity index (χ0n) is 15.4. The number of benzene rings is 2. The Hall–Kier alpha value is -2.89. The number of aromatic hydroxyl groups is 2. The van der Waals surface area contributed by atoms with Crippen molar-refractivity contribution in [3.8, 4) is 17.2 Å². The Morgan fingerprint density at radius 2 is 1.81 bits per heavy atom. The van der Waals surface area contributed by atoms with E-state index in [9.17, 15) is 15.0 Å². The lowest BCUT2D eigenvalue weighted by Crippen LogP contribution is -2.41. The molecule has 0 fully saturated rings. The van der Waals surface area contributed by atoms with Crippen molar-refractivity contribution in [3.63, 3.8) is 0 Å². The van der Waals surface area contributed by atoms with Crippen molar-refractivity contribution >= 4 is 6.03 Å². The number of carbonyl (C=O) groups is 1. The van der Waals surface area contributed by atoms with E-state index in [1.807, 2.05) is 25.1 Å². The third-order valence-electron chi connectivity index (χ3n) is 4.18. The number of nitrogens with zero attached hydrogens (tertiary/aromatic N) is 1. The van der Waals surface area contributed by atoms with Crippen LogP contribution in [0, 0.1) is 0 Å². The van der Waals surface area contributed by atoms with Crippen molar-refractivity contribution in [3.05, 3.63) is 53.6 Å². The fourth-order valence-corrected chi connectivity index (χ4v) is 2.62. The molecular weight excluding hydrogens is 332 g/mol. The average molecular weight is 358 g/mol. The van der Waals surface area contributed by atoms with Crippen molar-refractivity contribution in [2.45, 2.75) is 32.4 Å². The predicted molar refractivity (Wildman–Crippen MR) is 101 cm³/mol. The first kappa shape index (κ1) is 19.4. The highest BCUT2D eigenvalue weighted by molar-refractivity contribution is 5.74. The number of hydrogen-bond donors (Lipinski definition) is 3. The molecule has 0 radical (unpaired) electrons. The molecular formula is C20H26N2O4. The average Bonchev–Trinajstić information content (AvgIpc) is 2.61. The Balaban J connectivity index is 1.81. The smallest absolute Gasteiger partial charge is 0.317 e. The lowest BCUT2D eigenvalue weighted by molar-refractivity contribution is 0.203. The van der Waals surface area contributed by atoms with Crippen molar-refractivity contribution in [2.24, 2.45) is 0 Å². The summed E-state index contributed by atoms with van der Waals surface area (Å²) < 4.78 is 5.02. The maximum atomic E-state index is 12.3. The zero-order valence-corrected chi connectivity index (χ0v) is 15.4. The SMILES string of the molecule is COc1ccc(CN(C)C(=O)NC(C)CCc2ccc(O)cc2)cc1O. The first-order valence-electron chi connectivity index (χ1n) is 8.54. The van der Waals surface area contributed by atoms with Crippen LogP contribution in [0.15, 0.2) is 42.5 Å². The minimum atomic E-state index is -0.168. The number of rotatable bonds is 7. The number of hydrogen-bond acceptors (Lipinski definition) is 4. The van der Waals surface area contributed by atoms with E-state index in [-0.39, 0.29) is 23.6 Å². The van der Waals surface area contributed by atoms with Crippen molar-refractivity contribution < 1.29 is 19.7 Å². The molecule has 0 spiro atoms. The van der Waals surface area contributed by atoms with Crippen LogP contribution < -0.4 is 10.1 Å². The summed E-state index contributed by atoms with van der Waals surface area (Å²) in [5, 5.41) is 22.1. The molecule has 6 heteroatoms. The van der Waals surface area contributed by atoms with Crippen LogP contribution in [0.2, 0.25) is 0 Å². The molecule has 26 heavy (non-hydrogen) atoms. The molecule has 2 aromatic carbocycles. The molecule has 2 rings (SSSR count). The summed E-state index contributed by atoms with van der Waals surface area (Å²) in [5.74, 6) is 0.714. The number of urea groups is 1. The molecule has 6 nitrogen and oxygen atoms in total. The number of amides is 2. The van der Waals surface area contributed by atoms with E-state index < -0.39 is 0 Å². The maximum absolute atomic E-state index is 12.3. The van der Waals surface area contributed by atoms with E-state index in [4.69, 9.17) is 4.74 Å². The van der Waals surface area contributed by atoms with E-state index >= 15 is 0 Å². The minimum Gasteiger partial charge on any atom is -0.508 e. The Morgan fingerprint density at radius 1 is 1.15 bits per heavy atom. The Labute approximate surface area is 154 Å². The number of methoxy groups -OCH3 is 1. The number of phenolic OH excluding ortho intramolecular Hbond substituents is 2. The van der Waals surface area contributed by atoms with Crippen molar-refractivity contribution in [2.75, 3.05) is 14.2 Å². The summed E-state index contributed by atoms with van der Waals surface area (Å²) in [4.78, 5) is 13.9. The molecule has 0 aliphatic carbocycles. The highest BCUT2D eigenvalue weighted by atomic mass is 16.5. The molecule has 0 aromatic heterocycles. The molecule has 1 unspecified atom stereocenters. The molecule has 140 valence electrons. The van der Waals surface area contributed by atoms with Gasteiger partial charge in [0.25, 0.3) is 0 Å². The fourth-order valence-electron chi connectivity index (χ4n) is 2.62. The van der Waals surface area contributed by atoms with Gasteiger partial charge in [-0.15, -0.1) is 0 Å². The molecule has 0 aliphatic rings. The monoisotopic (exact) mass is 358 g/mol. The van der Waals surface area contributed by atoms with Crippen LogP contribution in [-0.2, 0) is 13.0 Å². The van der Waals surface area contributed by atoms with Crippen LogP contribution in [-0.4, -0.2) is 41.3 Å². The van der Waals surface area contributed by atoms with Gasteiger partial charge in [0.2, 0.25) is 0 Å². The number of carbonyl (C=O) groups excluding carboxylic acids is 1. The molecule has 2 amide bonds. The van der Waals surface area contributed by atoms with Crippen molar-refractivity contribution in [1.82, 2.24) is 10.2 Å². The minimum absolute atomic E-state index is 0.0167. The van der Waals surface area contributed by atoms with E-state index in [2.05, 4.69) is 5.32 Å². The fraction of sp³-hybridized carbons (Fsp3) is 0.350. The van der Waals surface area contributed by atoms with Gasteiger partial charge in [0.05, 0.1) is 7.11 Å². The van der Waals surface area contributed by atoms with Crippen LogP contribution in [0.4, 0.5) is 4.79 Å². The second-order valence-electron chi connectivity index (χ2n) is 6.42. The van der Waals surface area contributed by atoms with Gasteiger partial charge < -0.3 is 25.2 Å². The summed E-state index contributed by atoms with van der Waals surface area (Å²) in [5.41, 5.74) is 1.93. The summed E-state index contributed by atoms with van der Waals surface area (Å²) >= 11 is 0. The van der Waals surface area contributed by atoms with E-state index in [1.54, 1.807) is 36.2 Å². The summed E-state index contributed by atoms with van der Waals surface area (Å²) in [6.07, 6.45) is 1.62. The lowest BCUT2D eigenvalue weighted by Gasteiger charge is -2.22. The number of phenols is 2. The van der Waals surface area contributed by atoms with Gasteiger partial charge >= 0.3 is 6.03 Å². The largest absolute Gasteiger partial charge is 0.508 e. The van der Waals surface area contributed by atoms with Crippen molar-refractivity contribution in [1.29, 1.82) is 0 Å². The number of ether oxygens (including phenoxy) is 1. The predicted octanol–water partition coefficient (Wildman–Crippen LogP) is 3.27. The highest BCUT2D eigenvalue weighted by Crippen LogP contribution is 2.26. The molecule has 1 atom stereocenters. The van der Waals surface area contributed by atoms with Gasteiger partial charge in [-0.05, 0) is 55.2 Å². The van der Waals surface area contributed by atoms with Gasteiger partial charge in [-0.3, -0.25) is 0 Å². The zero-order chi connectivity index (χ0) is 19.1. The third kappa shape index (κ3) is 5.58. The van der Waals surface area contributed by atoms with E-state index in [1.165, 1.54) is 7.11 Å². The van der Waals surface area contributed by atoms with E-state index in [0.717, 1.165) is 24.0 Å². The standard InChI is InChI=1S/C20H26N2O4/c1-14(4-5-15-6-9-17(23)10-7-15)21-20(25)22(2)13-16-8-11-19(26-3)18(24)12-16/h6-12,14,23-24H,4-5,13H2,1-3H3,(H,21,25). The molecule has 0 saturated heterocycles. The van der Waals surface area contributed by atoms with Gasteiger partial charge in [-0.2, -0.15) is 0 Å². The Kier molecular flexibility index (Phi) is 6.72. The van der Waals surface area contributed by atoms with Crippen LogP contribution in [0.3, 0.4) is 0 Å². The third-order valence-corrected chi connectivity index (χ3v) is 4.18. The number of aryl methyl sites for hydroxylation is 1. The number of nitrogens with one attached hydrogen (secondary N) is 1. The normalized spacial score (nSPS) is 11.7. The Morgan fingerprint density at radius 3 is 2.42 bits per heavy atom. The molecule has 0 saturated carbocycles. The first-order chi connectivity index (χ1) is 12.4. The van der Waals surface area contributed by atoms with Gasteiger partial charge in [0, 0.05) is 19.6 Å². The van der Waals surface area contributed by atoms with Crippen LogP contribution in [0.5, 0.6) is 17.2 Å². The molecule has 0 bridgehead atoms. The van der Waals surface area contributed by atoms with Crippen LogP contribution in [0.1, 0.15) is 24.5 Å². The van der Waals surface area contributed by atoms with Gasteiger partial charge in [0.1, 0.15) is 5.75 Å². The molecule has 0 heterocycles. The van der Waals surface area contributed by atoms with Crippen LogP contribution in [0.25, 0.3) is 0 Å². The first-order valence-corrected chi connectivity index (χ1v) is 8.54. The van der Waals surface area contributed by atoms with Gasteiger partial charge in [-0.1, -0.05) is 18.2 Å². The molecule has 0 aliphatic heterocycles. The Bertz CT molecular complexity index is 731. The maximum Gasteiger partial charge on any atom is 0.317 e. The van der Waals surface area contributed by atoms with Gasteiger partial charge in [-0.25, -0.2) is 4.79 Å². The second kappa shape index (κ2) is 8.99. The molecule has 2 aromatic rings. The lowest BCUT2D eigenvalue weighted by atomic mass is 10.1. The quantitative estimate of drug-likeness (QED) is 0.709. The summed E-state index contributed by atoms with van der Waals surface area (Å²) in [6.45, 7) is 2.35. The molecule has 3 N–H and O–H groups in total. The highest BCUT2D eigenvalue weighted by Gasteiger charge is 2.13.